The first kappa shape index (κ1) is 20.8. The van der Waals surface area contributed by atoms with Gasteiger partial charge in [0.1, 0.15) is 6.04 Å². The number of nitrogens with one attached hydrogen (secondary N) is 2. The molecule has 0 saturated carbocycles. The van der Waals surface area contributed by atoms with Crippen LogP contribution in [0.3, 0.4) is 0 Å². The Morgan fingerprint density at radius 1 is 1.28 bits per heavy atom. The molecule has 4 atom stereocenters. The van der Waals surface area contributed by atoms with Gasteiger partial charge in [0.2, 0.25) is 5.89 Å². The summed E-state index contributed by atoms with van der Waals surface area (Å²) in [5.74, 6) is -0.877. The lowest BCUT2D eigenvalue weighted by molar-refractivity contribution is -0.141. The quantitative estimate of drug-likeness (QED) is 0.296. The molecule has 11 nitrogen and oxygen atoms in total. The molecular weight excluding hydrogens is 332 g/mol. The van der Waals surface area contributed by atoms with Crippen molar-refractivity contribution in [2.75, 3.05) is 6.54 Å². The zero-order valence-corrected chi connectivity index (χ0v) is 14.3. The number of unbranched alkanes of at least 4 members (excludes halogenated alkanes) is 1. The Morgan fingerprint density at radius 2 is 1.96 bits per heavy atom. The number of hydrogen-bond acceptors (Lipinski definition) is 8. The number of nitrogens with two attached hydrogens (primary N) is 2. The maximum Gasteiger partial charge on any atom is 0.328 e. The van der Waals surface area contributed by atoms with Crippen molar-refractivity contribution in [2.45, 2.75) is 57.3 Å². The van der Waals surface area contributed by atoms with Gasteiger partial charge in [-0.2, -0.15) is 4.98 Å². The van der Waals surface area contributed by atoms with E-state index in [4.69, 9.17) is 21.1 Å². The van der Waals surface area contributed by atoms with Crippen molar-refractivity contribution >= 4 is 12.0 Å². The first-order valence-corrected chi connectivity index (χ1v) is 8.03. The number of urea groups is 1. The van der Waals surface area contributed by atoms with Gasteiger partial charge < -0.3 is 36.8 Å². The lowest BCUT2D eigenvalue weighted by atomic mass is 10.1. The smallest absolute Gasteiger partial charge is 0.328 e. The third kappa shape index (κ3) is 6.64. The minimum atomic E-state index is -1.43. The van der Waals surface area contributed by atoms with E-state index < -0.39 is 36.2 Å². The first-order valence-electron chi connectivity index (χ1n) is 8.03. The Hall–Kier alpha value is -2.24. The Kier molecular flexibility index (Phi) is 8.25. The van der Waals surface area contributed by atoms with Crippen LogP contribution in [0.5, 0.6) is 0 Å². The largest absolute Gasteiger partial charge is 0.480 e. The molecule has 25 heavy (non-hydrogen) atoms. The lowest BCUT2D eigenvalue weighted by Crippen LogP contribution is -2.51. The molecule has 11 heteroatoms. The fraction of sp³-hybridized carbons (Fsp3) is 0.714. The second kappa shape index (κ2) is 9.91. The summed E-state index contributed by atoms with van der Waals surface area (Å²) in [4.78, 5) is 26.9. The van der Waals surface area contributed by atoms with Crippen molar-refractivity contribution in [1.29, 1.82) is 0 Å². The Balaban J connectivity index is 2.58. The maximum atomic E-state index is 11.8. The molecule has 8 N–H and O–H groups in total. The number of nitrogens with zero attached hydrogens (tertiary/aromatic N) is 2. The lowest BCUT2D eigenvalue weighted by Gasteiger charge is -2.18. The number of amides is 2. The number of rotatable bonds is 10. The third-order valence-electron chi connectivity index (χ3n) is 3.51. The monoisotopic (exact) mass is 358 g/mol. The van der Waals surface area contributed by atoms with Gasteiger partial charge in [-0.3, -0.25) is 0 Å². The van der Waals surface area contributed by atoms with Crippen LogP contribution in [0.4, 0.5) is 4.79 Å². The van der Waals surface area contributed by atoms with Crippen LogP contribution in [-0.4, -0.2) is 51.0 Å². The topological polar surface area (TPSA) is 190 Å². The Morgan fingerprint density at radius 3 is 2.52 bits per heavy atom. The molecule has 0 aliphatic heterocycles. The zero-order chi connectivity index (χ0) is 19.0. The van der Waals surface area contributed by atoms with Gasteiger partial charge in [-0.05, 0) is 33.2 Å². The molecular formula is C14H26N6O5. The predicted octanol–water partition coefficient (Wildman–Crippen LogP) is -0.607. The van der Waals surface area contributed by atoms with E-state index in [1.165, 1.54) is 6.92 Å². The van der Waals surface area contributed by atoms with Gasteiger partial charge in [-0.1, -0.05) is 11.6 Å². The molecule has 0 aromatic carbocycles. The molecule has 0 fully saturated rings. The van der Waals surface area contributed by atoms with Crippen LogP contribution in [0, 0.1) is 0 Å². The van der Waals surface area contributed by atoms with Crippen LogP contribution < -0.4 is 22.1 Å². The van der Waals surface area contributed by atoms with Crippen molar-refractivity contribution in [3.8, 4) is 0 Å². The number of carboxylic acid groups (broad SMARTS) is 1. The molecule has 0 bridgehead atoms. The molecule has 0 spiro atoms. The van der Waals surface area contributed by atoms with Crippen molar-refractivity contribution in [1.82, 2.24) is 20.8 Å². The van der Waals surface area contributed by atoms with Crippen molar-refractivity contribution in [3.63, 3.8) is 0 Å². The summed E-state index contributed by atoms with van der Waals surface area (Å²) >= 11 is 0. The number of aliphatic hydroxyl groups is 1. The molecule has 2 amide bonds. The van der Waals surface area contributed by atoms with E-state index in [0.29, 0.717) is 18.8 Å². The molecule has 1 aromatic rings. The van der Waals surface area contributed by atoms with Crippen LogP contribution in [0.2, 0.25) is 0 Å². The summed E-state index contributed by atoms with van der Waals surface area (Å²) in [7, 11) is 0. The van der Waals surface area contributed by atoms with E-state index in [2.05, 4.69) is 20.8 Å². The van der Waals surface area contributed by atoms with Crippen LogP contribution in [-0.2, 0) is 4.79 Å². The van der Waals surface area contributed by atoms with Crippen LogP contribution in [0.25, 0.3) is 0 Å². The second-order valence-corrected chi connectivity index (χ2v) is 5.78. The summed E-state index contributed by atoms with van der Waals surface area (Å²) in [6.45, 7) is 3.44. The van der Waals surface area contributed by atoms with Gasteiger partial charge in [0, 0.05) is 0 Å². The Labute approximate surface area is 145 Å². The second-order valence-electron chi connectivity index (χ2n) is 5.78. The molecule has 0 radical (unpaired) electrons. The van der Waals surface area contributed by atoms with Gasteiger partial charge in [0.25, 0.3) is 0 Å². The number of carbonyl (C=O) groups excluding carboxylic acids is 1. The average Bonchev–Trinajstić information content (AvgIpc) is 3.02. The summed E-state index contributed by atoms with van der Waals surface area (Å²) in [5, 5.41) is 26.7. The van der Waals surface area contributed by atoms with Gasteiger partial charge in [-0.15, -0.1) is 0 Å². The van der Waals surface area contributed by atoms with Gasteiger partial charge in [0.15, 0.2) is 11.9 Å². The molecule has 1 rings (SSSR count). The molecule has 1 aromatic heterocycles. The van der Waals surface area contributed by atoms with E-state index in [-0.39, 0.29) is 5.89 Å². The predicted molar refractivity (Wildman–Crippen MR) is 87.3 cm³/mol. The van der Waals surface area contributed by atoms with Gasteiger partial charge in [-0.25, -0.2) is 9.59 Å². The maximum absolute atomic E-state index is 11.8. The van der Waals surface area contributed by atoms with Gasteiger partial charge >= 0.3 is 12.0 Å². The summed E-state index contributed by atoms with van der Waals surface area (Å²) in [6, 6.07) is -3.27. The van der Waals surface area contributed by atoms with E-state index in [1.807, 2.05) is 0 Å². The minimum absolute atomic E-state index is 0.142. The van der Waals surface area contributed by atoms with Crippen molar-refractivity contribution in [3.05, 3.63) is 11.7 Å². The highest BCUT2D eigenvalue weighted by atomic mass is 16.5. The van der Waals surface area contributed by atoms with E-state index in [9.17, 15) is 14.7 Å². The highest BCUT2D eigenvalue weighted by Gasteiger charge is 2.26. The third-order valence-corrected chi connectivity index (χ3v) is 3.51. The van der Waals surface area contributed by atoms with E-state index >= 15 is 0 Å². The molecule has 1 heterocycles. The first-order chi connectivity index (χ1) is 11.8. The summed E-state index contributed by atoms with van der Waals surface area (Å²) in [6.07, 6.45) is 1.10. The minimum Gasteiger partial charge on any atom is -0.480 e. The number of carbonyl (C=O) groups is 2. The number of aromatic nitrogens is 2. The normalized spacial score (nSPS) is 15.9. The zero-order valence-electron chi connectivity index (χ0n) is 14.3. The van der Waals surface area contributed by atoms with Crippen LogP contribution in [0.1, 0.15) is 56.9 Å². The van der Waals surface area contributed by atoms with Crippen molar-refractivity contribution in [2.24, 2.45) is 11.5 Å². The molecule has 142 valence electrons. The molecule has 0 saturated heterocycles. The number of aliphatic carboxylic acids is 1. The van der Waals surface area contributed by atoms with Crippen molar-refractivity contribution < 1.29 is 24.3 Å². The number of carboxylic acids is 1. The fourth-order valence-electron chi connectivity index (χ4n) is 2.04. The molecule has 2 unspecified atom stereocenters. The molecule has 0 aliphatic carbocycles. The highest BCUT2D eigenvalue weighted by molar-refractivity contribution is 5.83. The summed E-state index contributed by atoms with van der Waals surface area (Å²) in [5.41, 5.74) is 11.4. The van der Waals surface area contributed by atoms with Crippen LogP contribution >= 0.6 is 0 Å². The summed E-state index contributed by atoms with van der Waals surface area (Å²) < 4.78 is 5.08. The molecule has 0 aliphatic rings. The van der Waals surface area contributed by atoms with Gasteiger partial charge in [0.05, 0.1) is 12.1 Å². The average molecular weight is 358 g/mol. The Bertz CT molecular complexity index is 564. The standard InChI is InChI=1S/C14H26N6O5/c1-7(17-14(24)18-10(8(2)21)13(22)23)12-19-11(20-25-12)9(16)5-3-4-6-15/h7-10,21H,3-6,15-16H2,1-2H3,(H,22,23)(H2,17,18,24)/t7-,8?,9-,10?/m0/s1. The van der Waals surface area contributed by atoms with E-state index in [1.54, 1.807) is 6.92 Å². The highest BCUT2D eigenvalue weighted by Crippen LogP contribution is 2.16. The van der Waals surface area contributed by atoms with E-state index in [0.717, 1.165) is 12.8 Å². The number of aliphatic hydroxyl groups excluding tert-OH is 1. The SMILES string of the molecule is CC(O)C(NC(=O)N[C@@H](C)c1nc([C@@H](N)CCCCN)no1)C(=O)O. The fourth-order valence-corrected chi connectivity index (χ4v) is 2.04. The number of hydrogen-bond donors (Lipinski definition) is 6. The van der Waals surface area contributed by atoms with Crippen LogP contribution in [0.15, 0.2) is 4.52 Å².